The molecule has 1 aromatic heterocycles. The third kappa shape index (κ3) is 3.94. The van der Waals surface area contributed by atoms with Crippen LogP contribution in [0.25, 0.3) is 0 Å². The fourth-order valence-electron chi connectivity index (χ4n) is 1.66. The number of nitrogens with zero attached hydrogens (tertiary/aromatic N) is 3. The van der Waals surface area contributed by atoms with E-state index in [-0.39, 0.29) is 12.8 Å². The second-order valence-electron chi connectivity index (χ2n) is 4.25. The molecule has 1 heterocycles. The van der Waals surface area contributed by atoms with Crippen LogP contribution in [0, 0.1) is 11.3 Å². The Morgan fingerprint density at radius 2 is 2.15 bits per heavy atom. The topological polar surface area (TPSA) is 82.9 Å². The molecule has 7 heteroatoms. The second kappa shape index (κ2) is 6.71. The van der Waals surface area contributed by atoms with Gasteiger partial charge in [0.1, 0.15) is 0 Å². The Labute approximate surface area is 125 Å². The highest BCUT2D eigenvalue weighted by Crippen LogP contribution is 2.23. The van der Waals surface area contributed by atoms with Crippen LogP contribution in [0.1, 0.15) is 23.7 Å². The van der Waals surface area contributed by atoms with Crippen LogP contribution in [0.15, 0.2) is 22.7 Å². The van der Waals surface area contributed by atoms with Crippen molar-refractivity contribution in [2.45, 2.75) is 25.4 Å². The summed E-state index contributed by atoms with van der Waals surface area (Å²) in [7, 11) is 0. The summed E-state index contributed by atoms with van der Waals surface area (Å²) < 4.78 is 5.02. The van der Waals surface area contributed by atoms with Gasteiger partial charge in [-0.05, 0) is 17.7 Å². The van der Waals surface area contributed by atoms with Crippen LogP contribution >= 0.6 is 23.2 Å². The second-order valence-corrected chi connectivity index (χ2v) is 5.06. The highest BCUT2D eigenvalue weighted by atomic mass is 35.5. The van der Waals surface area contributed by atoms with Gasteiger partial charge >= 0.3 is 0 Å². The molecule has 0 aliphatic heterocycles. The molecule has 1 aromatic carbocycles. The van der Waals surface area contributed by atoms with Crippen molar-refractivity contribution >= 4 is 23.2 Å². The molecule has 1 unspecified atom stereocenters. The first-order chi connectivity index (χ1) is 9.58. The average molecular weight is 312 g/mol. The normalized spacial score (nSPS) is 12.1. The highest BCUT2D eigenvalue weighted by Gasteiger charge is 2.12. The standard InChI is InChI=1S/C13H11Cl2N3O2/c14-10-2-1-8(5-11(10)15)6-12-17-13(20-18-12)7-9(19)3-4-16/h1-2,5,9,19H,3,6-7H2. The predicted octanol–water partition coefficient (Wildman–Crippen LogP) is 2.78. The molecule has 0 saturated heterocycles. The number of aliphatic hydroxyl groups excluding tert-OH is 1. The van der Waals surface area contributed by atoms with E-state index < -0.39 is 6.10 Å². The van der Waals surface area contributed by atoms with Crippen molar-refractivity contribution in [2.75, 3.05) is 0 Å². The Morgan fingerprint density at radius 3 is 2.85 bits per heavy atom. The third-order valence-corrected chi connectivity index (χ3v) is 3.33. The maximum absolute atomic E-state index is 9.49. The van der Waals surface area contributed by atoms with Gasteiger partial charge in [0.2, 0.25) is 5.89 Å². The van der Waals surface area contributed by atoms with Crippen molar-refractivity contribution < 1.29 is 9.63 Å². The number of aliphatic hydroxyl groups is 1. The number of aromatic nitrogens is 2. The molecule has 0 saturated carbocycles. The first-order valence-corrected chi connectivity index (χ1v) is 6.64. The van der Waals surface area contributed by atoms with Gasteiger partial charge in [-0.25, -0.2) is 0 Å². The van der Waals surface area contributed by atoms with E-state index >= 15 is 0 Å². The summed E-state index contributed by atoms with van der Waals surface area (Å²) in [4.78, 5) is 4.16. The first-order valence-electron chi connectivity index (χ1n) is 5.89. The number of hydrogen-bond donors (Lipinski definition) is 1. The zero-order valence-electron chi connectivity index (χ0n) is 10.4. The summed E-state index contributed by atoms with van der Waals surface area (Å²) in [5.41, 5.74) is 0.907. The summed E-state index contributed by atoms with van der Waals surface area (Å²) in [6.07, 6.45) is -0.139. The highest BCUT2D eigenvalue weighted by molar-refractivity contribution is 6.42. The minimum atomic E-state index is -0.793. The number of hydrogen-bond acceptors (Lipinski definition) is 5. The van der Waals surface area contributed by atoms with Gasteiger partial charge in [0, 0.05) is 6.42 Å². The molecular formula is C13H11Cl2N3O2. The van der Waals surface area contributed by atoms with E-state index in [2.05, 4.69) is 10.1 Å². The van der Waals surface area contributed by atoms with Gasteiger partial charge in [-0.3, -0.25) is 0 Å². The van der Waals surface area contributed by atoms with Crippen molar-refractivity contribution in [2.24, 2.45) is 0 Å². The fraction of sp³-hybridized carbons (Fsp3) is 0.308. The smallest absolute Gasteiger partial charge is 0.229 e. The van der Waals surface area contributed by atoms with Crippen LogP contribution in [-0.4, -0.2) is 21.4 Å². The number of nitriles is 1. The number of halogens is 2. The van der Waals surface area contributed by atoms with E-state index in [1.54, 1.807) is 12.1 Å². The van der Waals surface area contributed by atoms with Crippen LogP contribution in [0.2, 0.25) is 10.0 Å². The van der Waals surface area contributed by atoms with E-state index in [0.29, 0.717) is 28.2 Å². The van der Waals surface area contributed by atoms with Gasteiger partial charge in [0.25, 0.3) is 0 Å². The molecule has 20 heavy (non-hydrogen) atoms. The van der Waals surface area contributed by atoms with Crippen LogP contribution in [0.5, 0.6) is 0 Å². The molecule has 0 fully saturated rings. The summed E-state index contributed by atoms with van der Waals surface area (Å²) in [6, 6.07) is 7.15. The summed E-state index contributed by atoms with van der Waals surface area (Å²) in [5, 5.41) is 22.7. The molecule has 1 N–H and O–H groups in total. The Balaban J connectivity index is 2.02. The van der Waals surface area contributed by atoms with Crippen LogP contribution < -0.4 is 0 Å². The molecule has 1 atom stereocenters. The molecule has 0 spiro atoms. The Kier molecular flexibility index (Phi) is 4.96. The van der Waals surface area contributed by atoms with Gasteiger partial charge in [0.05, 0.1) is 35.1 Å². The van der Waals surface area contributed by atoms with Crippen molar-refractivity contribution in [3.63, 3.8) is 0 Å². The van der Waals surface area contributed by atoms with Gasteiger partial charge < -0.3 is 9.63 Å². The van der Waals surface area contributed by atoms with E-state index in [4.69, 9.17) is 33.0 Å². The van der Waals surface area contributed by atoms with Gasteiger partial charge in [0.15, 0.2) is 5.82 Å². The zero-order valence-corrected chi connectivity index (χ0v) is 11.9. The minimum Gasteiger partial charge on any atom is -0.392 e. The van der Waals surface area contributed by atoms with Crippen LogP contribution in [0.3, 0.4) is 0 Å². The first kappa shape index (κ1) is 14.8. The van der Waals surface area contributed by atoms with E-state index in [9.17, 15) is 5.11 Å². The third-order valence-electron chi connectivity index (χ3n) is 2.59. The Hall–Kier alpha value is -1.61. The monoisotopic (exact) mass is 311 g/mol. The van der Waals surface area contributed by atoms with Crippen LogP contribution in [-0.2, 0) is 12.8 Å². The SMILES string of the molecule is N#CCC(O)Cc1nc(Cc2ccc(Cl)c(Cl)c2)no1. The molecule has 0 aliphatic rings. The van der Waals surface area contributed by atoms with E-state index in [1.165, 1.54) is 0 Å². The lowest BCUT2D eigenvalue weighted by Gasteiger charge is -2.00. The van der Waals surface area contributed by atoms with Gasteiger partial charge in [-0.2, -0.15) is 10.2 Å². The summed E-state index contributed by atoms with van der Waals surface area (Å²) in [5.74, 6) is 0.797. The van der Waals surface area contributed by atoms with Crippen molar-refractivity contribution in [3.8, 4) is 6.07 Å². The molecular weight excluding hydrogens is 301 g/mol. The lowest BCUT2D eigenvalue weighted by atomic mass is 10.1. The largest absolute Gasteiger partial charge is 0.392 e. The van der Waals surface area contributed by atoms with E-state index in [1.807, 2.05) is 12.1 Å². The predicted molar refractivity (Wildman–Crippen MR) is 73.5 cm³/mol. The summed E-state index contributed by atoms with van der Waals surface area (Å²) >= 11 is 11.8. The van der Waals surface area contributed by atoms with Crippen LogP contribution in [0.4, 0.5) is 0 Å². The lowest BCUT2D eigenvalue weighted by molar-refractivity contribution is 0.167. The molecule has 0 radical (unpaired) electrons. The number of rotatable bonds is 5. The molecule has 0 amide bonds. The molecule has 2 rings (SSSR count). The fourth-order valence-corrected chi connectivity index (χ4v) is 1.98. The maximum atomic E-state index is 9.49. The quantitative estimate of drug-likeness (QED) is 0.918. The molecule has 0 aliphatic carbocycles. The minimum absolute atomic E-state index is 0.0322. The maximum Gasteiger partial charge on any atom is 0.229 e. The van der Waals surface area contributed by atoms with Gasteiger partial charge in [-0.1, -0.05) is 34.4 Å². The van der Waals surface area contributed by atoms with Crippen molar-refractivity contribution in [1.29, 1.82) is 5.26 Å². The Bertz CT molecular complexity index is 637. The molecule has 5 nitrogen and oxygen atoms in total. The number of benzene rings is 1. The average Bonchev–Trinajstić information content (AvgIpc) is 2.81. The molecule has 2 aromatic rings. The van der Waals surface area contributed by atoms with Crippen molar-refractivity contribution in [1.82, 2.24) is 10.1 Å². The lowest BCUT2D eigenvalue weighted by Crippen LogP contribution is -2.09. The van der Waals surface area contributed by atoms with E-state index in [0.717, 1.165) is 5.56 Å². The van der Waals surface area contributed by atoms with Crippen molar-refractivity contribution in [3.05, 3.63) is 45.5 Å². The molecule has 104 valence electrons. The Morgan fingerprint density at radius 1 is 1.35 bits per heavy atom. The zero-order chi connectivity index (χ0) is 14.5. The molecule has 0 bridgehead atoms. The van der Waals surface area contributed by atoms with Gasteiger partial charge in [-0.15, -0.1) is 0 Å². The summed E-state index contributed by atoms with van der Waals surface area (Å²) in [6.45, 7) is 0.